The third kappa shape index (κ3) is 23.6. The minimum Gasteiger partial charge on any atom is -0.494 e. The summed E-state index contributed by atoms with van der Waals surface area (Å²) in [7, 11) is 0. The van der Waals surface area contributed by atoms with Crippen molar-refractivity contribution in [2.45, 2.75) is 156 Å². The van der Waals surface area contributed by atoms with Crippen LogP contribution in [0.15, 0.2) is 72.8 Å². The lowest BCUT2D eigenvalue weighted by Crippen LogP contribution is -2.43. The van der Waals surface area contributed by atoms with Crippen molar-refractivity contribution in [2.24, 2.45) is 5.41 Å². The Kier molecular flexibility index (Phi) is 27.9. The molecule has 11 nitrogen and oxygen atoms in total. The molecule has 0 atom stereocenters. The zero-order valence-corrected chi connectivity index (χ0v) is 40.0. The van der Waals surface area contributed by atoms with Crippen LogP contribution in [0.5, 0.6) is 17.2 Å². The molecule has 11 heteroatoms. The molecule has 0 spiro atoms. The number of hydrogen-bond acceptors (Lipinski definition) is 11. The van der Waals surface area contributed by atoms with Gasteiger partial charge in [0.15, 0.2) is 0 Å². The first-order chi connectivity index (χ1) is 31.7. The van der Waals surface area contributed by atoms with Crippen LogP contribution in [0.1, 0.15) is 187 Å². The molecule has 0 aliphatic heterocycles. The van der Waals surface area contributed by atoms with E-state index >= 15 is 0 Å². The Balaban J connectivity index is 1.59. The molecule has 0 heterocycles. The summed E-state index contributed by atoms with van der Waals surface area (Å²) in [5.74, 6) is -0.764. The first-order valence-electron chi connectivity index (χ1n) is 24.5. The topological polar surface area (TPSA) is 133 Å². The maximum atomic E-state index is 13.4. The van der Waals surface area contributed by atoms with E-state index in [0.717, 1.165) is 25.7 Å². The molecular weight excluding hydrogens is 825 g/mol. The van der Waals surface area contributed by atoms with E-state index in [4.69, 9.17) is 33.2 Å². The van der Waals surface area contributed by atoms with Crippen molar-refractivity contribution in [1.29, 1.82) is 0 Å². The van der Waals surface area contributed by atoms with Gasteiger partial charge in [0.1, 0.15) is 49.1 Å². The molecule has 0 radical (unpaired) electrons. The fraction of sp³-hybridized carbons (Fsp3) is 0.593. The summed E-state index contributed by atoms with van der Waals surface area (Å²) < 4.78 is 40.0. The van der Waals surface area contributed by atoms with E-state index < -0.39 is 49.1 Å². The monoisotopic (exact) mass is 903 g/mol. The molecule has 0 N–H and O–H groups in total. The van der Waals surface area contributed by atoms with Gasteiger partial charge in [0.05, 0.1) is 36.5 Å². The maximum absolute atomic E-state index is 13.4. The van der Waals surface area contributed by atoms with Crippen molar-refractivity contribution in [2.75, 3.05) is 46.2 Å². The van der Waals surface area contributed by atoms with Crippen LogP contribution in [-0.4, -0.2) is 70.1 Å². The summed E-state index contributed by atoms with van der Waals surface area (Å²) in [4.78, 5) is 52.2. The van der Waals surface area contributed by atoms with Gasteiger partial charge in [0, 0.05) is 6.92 Å². The van der Waals surface area contributed by atoms with Crippen molar-refractivity contribution >= 4 is 23.9 Å². The summed E-state index contributed by atoms with van der Waals surface area (Å²) >= 11 is 0. The molecule has 0 unspecified atom stereocenters. The summed E-state index contributed by atoms with van der Waals surface area (Å²) in [5, 5.41) is 0. The molecule has 0 aliphatic rings. The number of rotatable bonds is 37. The minimum atomic E-state index is -1.46. The van der Waals surface area contributed by atoms with Gasteiger partial charge in [0.2, 0.25) is 0 Å². The molecule has 0 saturated carbocycles. The van der Waals surface area contributed by atoms with E-state index in [1.165, 1.54) is 110 Å². The number of ether oxygens (including phenoxy) is 7. The van der Waals surface area contributed by atoms with Crippen LogP contribution >= 0.6 is 0 Å². The number of esters is 4. The van der Waals surface area contributed by atoms with Crippen molar-refractivity contribution < 1.29 is 52.3 Å². The van der Waals surface area contributed by atoms with Gasteiger partial charge in [0.25, 0.3) is 0 Å². The molecule has 0 fully saturated rings. The molecule has 0 amide bonds. The van der Waals surface area contributed by atoms with Crippen LogP contribution in [0.3, 0.4) is 0 Å². The normalized spacial score (nSPS) is 11.1. The standard InChI is InChI=1S/C54H78O11/c1-5-8-10-12-14-16-18-20-22-24-38-60-49-34-28-46(29-35-49)52(57)64-42-54(40-62-44(4)55,41-63-51(56)45-26-32-48(33-27-45)59-7-3)43-65-53(58)47-30-36-50(37-31-47)61-39-25-23-21-19-17-15-13-11-9-6-2/h26-37H,5-25,38-43H2,1-4H3. The van der Waals surface area contributed by atoms with Crippen LogP contribution in [0.25, 0.3) is 0 Å². The second-order valence-corrected chi connectivity index (χ2v) is 17.1. The Morgan fingerprint density at radius 3 is 0.938 bits per heavy atom. The predicted molar refractivity (Wildman–Crippen MR) is 255 cm³/mol. The molecule has 0 aromatic heterocycles. The largest absolute Gasteiger partial charge is 0.494 e. The summed E-state index contributed by atoms with van der Waals surface area (Å²) in [6.45, 7) is 7.60. The summed E-state index contributed by atoms with van der Waals surface area (Å²) in [5.41, 5.74) is -0.698. The highest BCUT2D eigenvalue weighted by molar-refractivity contribution is 5.90. The number of carbonyl (C=O) groups excluding carboxylic acids is 4. The molecular formula is C54H78O11. The lowest BCUT2D eigenvalue weighted by molar-refractivity contribution is -0.148. The number of benzene rings is 3. The molecule has 360 valence electrons. The molecule has 0 bridgehead atoms. The quantitative estimate of drug-likeness (QED) is 0.0311. The highest BCUT2D eigenvalue weighted by Gasteiger charge is 2.38. The summed E-state index contributed by atoms with van der Waals surface area (Å²) in [6.07, 6.45) is 24.8. The second-order valence-electron chi connectivity index (χ2n) is 17.1. The molecule has 0 saturated heterocycles. The van der Waals surface area contributed by atoms with Gasteiger partial charge in [-0.2, -0.15) is 0 Å². The van der Waals surface area contributed by atoms with Gasteiger partial charge in [-0.3, -0.25) is 4.79 Å². The molecule has 3 aromatic carbocycles. The second kappa shape index (κ2) is 33.4. The van der Waals surface area contributed by atoms with Crippen LogP contribution < -0.4 is 14.2 Å². The van der Waals surface area contributed by atoms with Crippen LogP contribution in [0.2, 0.25) is 0 Å². The SMILES string of the molecule is CCCCCCCCCCCCOc1ccc(C(=O)OCC(COC(C)=O)(COC(=O)c2ccc(OCC)cc2)COC(=O)c2ccc(OCCCCCCCCCCCC)cc2)cc1. The Morgan fingerprint density at radius 1 is 0.369 bits per heavy atom. The Morgan fingerprint density at radius 2 is 0.646 bits per heavy atom. The van der Waals surface area contributed by atoms with Crippen LogP contribution in [0.4, 0.5) is 0 Å². The van der Waals surface area contributed by atoms with Crippen LogP contribution in [-0.2, 0) is 23.7 Å². The molecule has 0 aliphatic carbocycles. The predicted octanol–water partition coefficient (Wildman–Crippen LogP) is 13.1. The average Bonchev–Trinajstić information content (AvgIpc) is 3.32. The Labute approximate surface area is 389 Å². The van der Waals surface area contributed by atoms with Gasteiger partial charge in [-0.05, 0) is 92.6 Å². The fourth-order valence-corrected chi connectivity index (χ4v) is 7.20. The maximum Gasteiger partial charge on any atom is 0.338 e. The third-order valence-electron chi connectivity index (χ3n) is 11.2. The Hall–Kier alpha value is -5.06. The molecule has 3 aromatic rings. The van der Waals surface area contributed by atoms with Crippen molar-refractivity contribution in [3.05, 3.63) is 89.5 Å². The lowest BCUT2D eigenvalue weighted by atomic mass is 9.92. The smallest absolute Gasteiger partial charge is 0.338 e. The first kappa shape index (κ1) is 54.3. The number of hydrogen-bond donors (Lipinski definition) is 0. The third-order valence-corrected chi connectivity index (χ3v) is 11.2. The van der Waals surface area contributed by atoms with E-state index in [0.29, 0.717) is 37.1 Å². The van der Waals surface area contributed by atoms with E-state index in [9.17, 15) is 19.2 Å². The zero-order valence-electron chi connectivity index (χ0n) is 40.0. The van der Waals surface area contributed by atoms with E-state index in [1.54, 1.807) is 72.8 Å². The average molecular weight is 903 g/mol. The highest BCUT2D eigenvalue weighted by atomic mass is 16.6. The van der Waals surface area contributed by atoms with Gasteiger partial charge < -0.3 is 33.2 Å². The Bertz CT molecular complexity index is 1650. The van der Waals surface area contributed by atoms with Crippen LogP contribution in [0, 0.1) is 5.41 Å². The van der Waals surface area contributed by atoms with Gasteiger partial charge >= 0.3 is 23.9 Å². The lowest BCUT2D eigenvalue weighted by Gasteiger charge is -2.31. The van der Waals surface area contributed by atoms with Crippen molar-refractivity contribution in [1.82, 2.24) is 0 Å². The minimum absolute atomic E-state index is 0.245. The first-order valence-corrected chi connectivity index (χ1v) is 24.5. The van der Waals surface area contributed by atoms with Gasteiger partial charge in [-0.15, -0.1) is 0 Å². The van der Waals surface area contributed by atoms with Crippen molar-refractivity contribution in [3.63, 3.8) is 0 Å². The summed E-state index contributed by atoms with van der Waals surface area (Å²) in [6, 6.07) is 19.7. The number of carbonyl (C=O) groups is 4. The van der Waals surface area contributed by atoms with E-state index in [1.807, 2.05) is 6.92 Å². The van der Waals surface area contributed by atoms with Crippen molar-refractivity contribution in [3.8, 4) is 17.2 Å². The highest BCUT2D eigenvalue weighted by Crippen LogP contribution is 2.25. The van der Waals surface area contributed by atoms with E-state index in [2.05, 4.69) is 13.8 Å². The van der Waals surface area contributed by atoms with Gasteiger partial charge in [-0.1, -0.05) is 129 Å². The van der Waals surface area contributed by atoms with Gasteiger partial charge in [-0.25, -0.2) is 14.4 Å². The molecule has 3 rings (SSSR count). The molecule has 65 heavy (non-hydrogen) atoms. The fourth-order valence-electron chi connectivity index (χ4n) is 7.20. The van der Waals surface area contributed by atoms with E-state index in [-0.39, 0.29) is 23.3 Å². The zero-order chi connectivity index (χ0) is 46.8. The number of unbranched alkanes of at least 4 members (excludes halogenated alkanes) is 18.